The fourth-order valence-corrected chi connectivity index (χ4v) is 2.24. The van der Waals surface area contributed by atoms with Crippen molar-refractivity contribution >= 4 is 17.4 Å². The number of rotatable bonds is 3. The number of nitro benzene ring substituents is 1. The number of benzene rings is 1. The normalized spacial score (nSPS) is 10.6. The predicted molar refractivity (Wildman–Crippen MR) is 66.9 cm³/mol. The molecule has 1 aromatic heterocycles. The van der Waals surface area contributed by atoms with Crippen molar-refractivity contribution in [2.24, 2.45) is 0 Å². The van der Waals surface area contributed by atoms with E-state index in [-0.39, 0.29) is 5.69 Å². The smallest absolute Gasteiger partial charge is 0.269 e. The first-order valence-corrected chi connectivity index (χ1v) is 5.90. The van der Waals surface area contributed by atoms with Crippen LogP contribution in [0.1, 0.15) is 11.4 Å². The standard InChI is InChI=1S/C10H11N5O2S/c1-6-5-8(15(16)17)3-4-9(6)18-10-13-12-7(2)14(10)11/h3-5H,11H2,1-2H3. The summed E-state index contributed by atoms with van der Waals surface area (Å²) >= 11 is 1.32. The zero-order valence-corrected chi connectivity index (χ0v) is 10.6. The molecule has 18 heavy (non-hydrogen) atoms. The Bertz CT molecular complexity index is 610. The molecule has 0 atom stereocenters. The van der Waals surface area contributed by atoms with Gasteiger partial charge in [-0.15, -0.1) is 10.2 Å². The molecule has 0 spiro atoms. The molecule has 0 aliphatic heterocycles. The highest BCUT2D eigenvalue weighted by Gasteiger charge is 2.12. The number of aromatic nitrogens is 3. The molecular formula is C10H11N5O2S. The second-order valence-corrected chi connectivity index (χ2v) is 4.72. The van der Waals surface area contributed by atoms with Gasteiger partial charge in [-0.2, -0.15) is 0 Å². The fourth-order valence-electron chi connectivity index (χ4n) is 1.38. The highest BCUT2D eigenvalue weighted by atomic mass is 32.2. The van der Waals surface area contributed by atoms with Crippen LogP contribution in [0.25, 0.3) is 0 Å². The Kier molecular flexibility index (Phi) is 3.19. The number of nitrogens with zero attached hydrogens (tertiary/aromatic N) is 4. The van der Waals surface area contributed by atoms with E-state index in [1.807, 2.05) is 0 Å². The largest absolute Gasteiger partial charge is 0.336 e. The van der Waals surface area contributed by atoms with Crippen molar-refractivity contribution in [3.8, 4) is 0 Å². The summed E-state index contributed by atoms with van der Waals surface area (Å²) in [5.41, 5.74) is 0.872. The Labute approximate surface area is 107 Å². The first kappa shape index (κ1) is 12.4. The van der Waals surface area contributed by atoms with Gasteiger partial charge in [0.2, 0.25) is 5.16 Å². The van der Waals surface area contributed by atoms with Crippen LogP contribution < -0.4 is 5.84 Å². The van der Waals surface area contributed by atoms with Gasteiger partial charge >= 0.3 is 0 Å². The number of non-ortho nitro benzene ring substituents is 1. The molecule has 0 saturated heterocycles. The van der Waals surface area contributed by atoms with Crippen molar-refractivity contribution in [3.05, 3.63) is 39.7 Å². The monoisotopic (exact) mass is 265 g/mol. The lowest BCUT2D eigenvalue weighted by molar-refractivity contribution is -0.385. The molecule has 0 aliphatic carbocycles. The van der Waals surface area contributed by atoms with Crippen LogP contribution in [0.3, 0.4) is 0 Å². The van der Waals surface area contributed by atoms with Crippen LogP contribution in [-0.2, 0) is 0 Å². The van der Waals surface area contributed by atoms with Gasteiger partial charge in [0, 0.05) is 17.0 Å². The van der Waals surface area contributed by atoms with Crippen molar-refractivity contribution in [2.45, 2.75) is 23.9 Å². The van der Waals surface area contributed by atoms with E-state index in [2.05, 4.69) is 10.2 Å². The highest BCUT2D eigenvalue weighted by Crippen LogP contribution is 2.30. The van der Waals surface area contributed by atoms with E-state index in [0.717, 1.165) is 10.5 Å². The molecule has 8 heteroatoms. The zero-order chi connectivity index (χ0) is 13.3. The van der Waals surface area contributed by atoms with Gasteiger partial charge in [-0.05, 0) is 37.2 Å². The van der Waals surface area contributed by atoms with Gasteiger partial charge in [0.25, 0.3) is 5.69 Å². The van der Waals surface area contributed by atoms with Gasteiger partial charge in [-0.3, -0.25) is 10.1 Å². The number of aryl methyl sites for hydroxylation is 2. The molecule has 0 bridgehead atoms. The average Bonchev–Trinajstić information content (AvgIpc) is 2.63. The Morgan fingerprint density at radius 1 is 1.39 bits per heavy atom. The maximum absolute atomic E-state index is 10.6. The van der Waals surface area contributed by atoms with E-state index in [4.69, 9.17) is 5.84 Å². The number of hydrogen-bond acceptors (Lipinski definition) is 6. The molecular weight excluding hydrogens is 254 g/mol. The predicted octanol–water partition coefficient (Wildman–Crippen LogP) is 1.67. The molecule has 0 saturated carbocycles. The van der Waals surface area contributed by atoms with Gasteiger partial charge in [0.05, 0.1) is 4.92 Å². The Balaban J connectivity index is 2.30. The second-order valence-electron chi connectivity index (χ2n) is 3.71. The quantitative estimate of drug-likeness (QED) is 0.514. The molecule has 1 heterocycles. The molecule has 0 amide bonds. The Hall–Kier alpha value is -2.09. The molecule has 2 aromatic rings. The third-order valence-corrected chi connectivity index (χ3v) is 3.54. The fraction of sp³-hybridized carbons (Fsp3) is 0.200. The molecule has 2 rings (SSSR count). The summed E-state index contributed by atoms with van der Waals surface area (Å²) < 4.78 is 1.38. The summed E-state index contributed by atoms with van der Waals surface area (Å²) in [6.45, 7) is 3.55. The minimum Gasteiger partial charge on any atom is -0.336 e. The topological polar surface area (TPSA) is 99.9 Å². The maximum Gasteiger partial charge on any atom is 0.269 e. The van der Waals surface area contributed by atoms with Crippen LogP contribution in [0.5, 0.6) is 0 Å². The third kappa shape index (κ3) is 2.28. The molecule has 7 nitrogen and oxygen atoms in total. The molecule has 0 radical (unpaired) electrons. The van der Waals surface area contributed by atoms with Gasteiger partial charge in [-0.1, -0.05) is 0 Å². The molecule has 1 aromatic carbocycles. The summed E-state index contributed by atoms with van der Waals surface area (Å²) in [4.78, 5) is 11.1. The lowest BCUT2D eigenvalue weighted by Crippen LogP contribution is -2.11. The van der Waals surface area contributed by atoms with Crippen LogP contribution in [0.2, 0.25) is 0 Å². The van der Waals surface area contributed by atoms with E-state index in [9.17, 15) is 10.1 Å². The summed E-state index contributed by atoms with van der Waals surface area (Å²) in [5.74, 6) is 6.35. The van der Waals surface area contributed by atoms with Crippen molar-refractivity contribution in [2.75, 3.05) is 5.84 Å². The van der Waals surface area contributed by atoms with E-state index < -0.39 is 4.92 Å². The number of nitrogens with two attached hydrogens (primary N) is 1. The number of nitro groups is 1. The molecule has 2 N–H and O–H groups in total. The van der Waals surface area contributed by atoms with Crippen LogP contribution in [0.4, 0.5) is 5.69 Å². The Morgan fingerprint density at radius 3 is 2.61 bits per heavy atom. The van der Waals surface area contributed by atoms with E-state index in [1.54, 1.807) is 19.9 Å². The van der Waals surface area contributed by atoms with Crippen LogP contribution in [0, 0.1) is 24.0 Å². The lowest BCUT2D eigenvalue weighted by Gasteiger charge is -2.04. The average molecular weight is 265 g/mol. The second kappa shape index (κ2) is 4.65. The van der Waals surface area contributed by atoms with Gasteiger partial charge in [-0.25, -0.2) is 4.68 Å². The minimum atomic E-state index is -0.420. The van der Waals surface area contributed by atoms with Crippen LogP contribution in [0.15, 0.2) is 28.3 Å². The first-order valence-electron chi connectivity index (χ1n) is 5.09. The maximum atomic E-state index is 10.6. The molecule has 0 aliphatic rings. The molecule has 0 fully saturated rings. The summed E-state index contributed by atoms with van der Waals surface area (Å²) in [6, 6.07) is 4.66. The van der Waals surface area contributed by atoms with Crippen molar-refractivity contribution in [3.63, 3.8) is 0 Å². The SMILES string of the molecule is Cc1cc([N+](=O)[O-])ccc1Sc1nnc(C)n1N. The van der Waals surface area contributed by atoms with Crippen molar-refractivity contribution in [1.82, 2.24) is 14.9 Å². The lowest BCUT2D eigenvalue weighted by atomic mass is 10.2. The van der Waals surface area contributed by atoms with Crippen molar-refractivity contribution < 1.29 is 4.92 Å². The van der Waals surface area contributed by atoms with Gasteiger partial charge in [0.15, 0.2) is 0 Å². The van der Waals surface area contributed by atoms with Crippen LogP contribution >= 0.6 is 11.8 Å². The number of hydrogen-bond donors (Lipinski definition) is 1. The van der Waals surface area contributed by atoms with Crippen molar-refractivity contribution in [1.29, 1.82) is 0 Å². The van der Waals surface area contributed by atoms with E-state index in [0.29, 0.717) is 11.0 Å². The third-order valence-electron chi connectivity index (χ3n) is 2.41. The molecule has 0 unspecified atom stereocenters. The van der Waals surface area contributed by atoms with Gasteiger partial charge < -0.3 is 5.84 Å². The van der Waals surface area contributed by atoms with Crippen LogP contribution in [-0.4, -0.2) is 19.8 Å². The summed E-state index contributed by atoms with van der Waals surface area (Å²) in [5, 5.41) is 19.0. The zero-order valence-electron chi connectivity index (χ0n) is 9.82. The van der Waals surface area contributed by atoms with E-state index in [1.165, 1.54) is 28.6 Å². The highest BCUT2D eigenvalue weighted by molar-refractivity contribution is 7.99. The van der Waals surface area contributed by atoms with Gasteiger partial charge in [0.1, 0.15) is 5.82 Å². The summed E-state index contributed by atoms with van der Waals surface area (Å²) in [6.07, 6.45) is 0. The summed E-state index contributed by atoms with van der Waals surface area (Å²) in [7, 11) is 0. The molecule has 94 valence electrons. The number of nitrogen functional groups attached to an aromatic ring is 1. The first-order chi connectivity index (χ1) is 8.49. The Morgan fingerprint density at radius 2 is 2.11 bits per heavy atom. The minimum absolute atomic E-state index is 0.0715. The van der Waals surface area contributed by atoms with E-state index >= 15 is 0 Å².